The molecule has 96 valence electrons. The molecule has 2 nitrogen and oxygen atoms in total. The number of nitrogens with zero attached hydrogens (tertiary/aromatic N) is 1. The van der Waals surface area contributed by atoms with Crippen LogP contribution in [0.3, 0.4) is 0 Å². The Morgan fingerprint density at radius 1 is 1.22 bits per heavy atom. The third kappa shape index (κ3) is 2.52. The number of thiophene rings is 2. The molecule has 1 atom stereocenters. The lowest BCUT2D eigenvalue weighted by Crippen LogP contribution is -2.45. The zero-order chi connectivity index (χ0) is 12.4. The normalized spacial score (nSPS) is 18.9. The predicted octanol–water partition coefficient (Wildman–Crippen LogP) is 3.11. The van der Waals surface area contributed by atoms with E-state index in [1.54, 1.807) is 0 Å². The van der Waals surface area contributed by atoms with Crippen LogP contribution in [0.15, 0.2) is 29.0 Å². The van der Waals surface area contributed by atoms with E-state index in [-0.39, 0.29) is 0 Å². The Hall–Kier alpha value is -0.680. The second-order valence-electron chi connectivity index (χ2n) is 4.73. The van der Waals surface area contributed by atoms with E-state index in [0.29, 0.717) is 6.04 Å². The number of rotatable bonds is 3. The van der Waals surface area contributed by atoms with Gasteiger partial charge in [0.15, 0.2) is 0 Å². The number of hydrogen-bond acceptors (Lipinski definition) is 4. The molecule has 4 heteroatoms. The molecule has 3 rings (SSSR count). The Morgan fingerprint density at radius 3 is 2.67 bits per heavy atom. The van der Waals surface area contributed by atoms with Crippen LogP contribution in [0.1, 0.15) is 21.4 Å². The molecule has 1 fully saturated rings. The lowest BCUT2D eigenvalue weighted by molar-refractivity contribution is 0.203. The van der Waals surface area contributed by atoms with Gasteiger partial charge in [-0.05, 0) is 35.4 Å². The molecule has 2 aromatic heterocycles. The van der Waals surface area contributed by atoms with Gasteiger partial charge in [-0.3, -0.25) is 4.90 Å². The highest BCUT2D eigenvalue weighted by Crippen LogP contribution is 2.35. The molecule has 1 N–H and O–H groups in total. The van der Waals surface area contributed by atoms with Crippen molar-refractivity contribution in [2.45, 2.75) is 13.0 Å². The zero-order valence-corrected chi connectivity index (χ0v) is 12.2. The molecule has 18 heavy (non-hydrogen) atoms. The standard InChI is InChI=1S/C14H18N2S2/c1-11-9-13(18-10-11)14(12-3-2-8-17-12)16-6-4-15-5-7-16/h2-3,8-10,14-15H,4-7H2,1H3. The average molecular weight is 278 g/mol. The van der Waals surface area contributed by atoms with Gasteiger partial charge in [0.05, 0.1) is 6.04 Å². The first-order chi connectivity index (χ1) is 8.84. The minimum Gasteiger partial charge on any atom is -0.314 e. The van der Waals surface area contributed by atoms with Crippen molar-refractivity contribution in [2.24, 2.45) is 0 Å². The van der Waals surface area contributed by atoms with Gasteiger partial charge < -0.3 is 5.32 Å². The highest BCUT2D eigenvalue weighted by atomic mass is 32.1. The van der Waals surface area contributed by atoms with E-state index in [0.717, 1.165) is 26.2 Å². The smallest absolute Gasteiger partial charge is 0.0790 e. The summed E-state index contributed by atoms with van der Waals surface area (Å²) >= 11 is 3.77. The summed E-state index contributed by atoms with van der Waals surface area (Å²) in [5.74, 6) is 0. The summed E-state index contributed by atoms with van der Waals surface area (Å²) in [6.07, 6.45) is 0. The van der Waals surface area contributed by atoms with E-state index in [2.05, 4.69) is 46.1 Å². The summed E-state index contributed by atoms with van der Waals surface area (Å²) in [5.41, 5.74) is 1.38. The summed E-state index contributed by atoms with van der Waals surface area (Å²) in [6.45, 7) is 6.67. The summed E-state index contributed by atoms with van der Waals surface area (Å²) in [5, 5.41) is 7.88. The average Bonchev–Trinajstić information content (AvgIpc) is 3.04. The van der Waals surface area contributed by atoms with Crippen LogP contribution in [-0.4, -0.2) is 31.1 Å². The van der Waals surface area contributed by atoms with Crippen LogP contribution in [0.25, 0.3) is 0 Å². The maximum absolute atomic E-state index is 3.44. The number of piperazine rings is 1. The molecule has 0 amide bonds. The lowest BCUT2D eigenvalue weighted by Gasteiger charge is -2.34. The molecule has 1 aliphatic heterocycles. The Bertz CT molecular complexity index is 484. The molecule has 0 saturated carbocycles. The highest BCUT2D eigenvalue weighted by Gasteiger charge is 2.25. The molecular formula is C14H18N2S2. The van der Waals surface area contributed by atoms with Gasteiger partial charge in [-0.25, -0.2) is 0 Å². The minimum absolute atomic E-state index is 0.464. The van der Waals surface area contributed by atoms with E-state index in [1.807, 2.05) is 22.7 Å². The molecule has 2 aromatic rings. The largest absolute Gasteiger partial charge is 0.314 e. The van der Waals surface area contributed by atoms with Crippen LogP contribution in [0.2, 0.25) is 0 Å². The Balaban J connectivity index is 1.92. The Kier molecular flexibility index (Phi) is 3.80. The summed E-state index contributed by atoms with van der Waals surface area (Å²) < 4.78 is 0. The van der Waals surface area contributed by atoms with Crippen LogP contribution >= 0.6 is 22.7 Å². The third-order valence-electron chi connectivity index (χ3n) is 3.35. The van der Waals surface area contributed by atoms with Crippen molar-refractivity contribution in [2.75, 3.05) is 26.2 Å². The second-order valence-corrected chi connectivity index (χ2v) is 6.65. The fraction of sp³-hybridized carbons (Fsp3) is 0.429. The molecule has 1 unspecified atom stereocenters. The van der Waals surface area contributed by atoms with Crippen LogP contribution in [-0.2, 0) is 0 Å². The van der Waals surface area contributed by atoms with Gasteiger partial charge >= 0.3 is 0 Å². The Labute approximate surface area is 116 Å². The molecular weight excluding hydrogens is 260 g/mol. The van der Waals surface area contributed by atoms with Gasteiger partial charge in [-0.2, -0.15) is 0 Å². The van der Waals surface area contributed by atoms with E-state index in [4.69, 9.17) is 0 Å². The zero-order valence-electron chi connectivity index (χ0n) is 10.6. The SMILES string of the molecule is Cc1csc(C(c2cccs2)N2CCNCC2)c1. The van der Waals surface area contributed by atoms with Gasteiger partial charge in [-0.15, -0.1) is 22.7 Å². The van der Waals surface area contributed by atoms with Crippen molar-refractivity contribution in [3.63, 3.8) is 0 Å². The van der Waals surface area contributed by atoms with Gasteiger partial charge in [0, 0.05) is 35.9 Å². The first kappa shape index (κ1) is 12.4. The van der Waals surface area contributed by atoms with Gasteiger partial charge in [0.25, 0.3) is 0 Å². The summed E-state index contributed by atoms with van der Waals surface area (Å²) in [6, 6.07) is 7.24. The molecule has 0 aromatic carbocycles. The maximum Gasteiger partial charge on any atom is 0.0790 e. The fourth-order valence-electron chi connectivity index (χ4n) is 2.48. The maximum atomic E-state index is 3.44. The number of hydrogen-bond donors (Lipinski definition) is 1. The first-order valence-electron chi connectivity index (χ1n) is 6.38. The van der Waals surface area contributed by atoms with Crippen LogP contribution < -0.4 is 5.32 Å². The summed E-state index contributed by atoms with van der Waals surface area (Å²) in [4.78, 5) is 5.56. The molecule has 1 aliphatic rings. The first-order valence-corrected chi connectivity index (χ1v) is 8.14. The molecule has 0 spiro atoms. The van der Waals surface area contributed by atoms with Crippen LogP contribution in [0.4, 0.5) is 0 Å². The van der Waals surface area contributed by atoms with Crippen molar-refractivity contribution in [3.8, 4) is 0 Å². The monoisotopic (exact) mass is 278 g/mol. The lowest BCUT2D eigenvalue weighted by atomic mass is 10.1. The van der Waals surface area contributed by atoms with Crippen molar-refractivity contribution < 1.29 is 0 Å². The van der Waals surface area contributed by atoms with Gasteiger partial charge in [0.1, 0.15) is 0 Å². The molecule has 0 aliphatic carbocycles. The topological polar surface area (TPSA) is 15.3 Å². The Morgan fingerprint density at radius 2 is 2.06 bits per heavy atom. The van der Waals surface area contributed by atoms with Crippen molar-refractivity contribution in [1.29, 1.82) is 0 Å². The third-order valence-corrected chi connectivity index (χ3v) is 5.38. The fourth-order valence-corrected chi connectivity index (χ4v) is 4.48. The van der Waals surface area contributed by atoms with Crippen molar-refractivity contribution in [3.05, 3.63) is 44.3 Å². The van der Waals surface area contributed by atoms with Crippen LogP contribution in [0.5, 0.6) is 0 Å². The number of aryl methyl sites for hydroxylation is 1. The van der Waals surface area contributed by atoms with Crippen molar-refractivity contribution >= 4 is 22.7 Å². The minimum atomic E-state index is 0.464. The second kappa shape index (κ2) is 5.53. The molecule has 0 radical (unpaired) electrons. The predicted molar refractivity (Wildman–Crippen MR) is 79.7 cm³/mol. The highest BCUT2D eigenvalue weighted by molar-refractivity contribution is 7.11. The quantitative estimate of drug-likeness (QED) is 0.928. The van der Waals surface area contributed by atoms with Gasteiger partial charge in [0.2, 0.25) is 0 Å². The summed E-state index contributed by atoms with van der Waals surface area (Å²) in [7, 11) is 0. The van der Waals surface area contributed by atoms with Gasteiger partial charge in [-0.1, -0.05) is 6.07 Å². The van der Waals surface area contributed by atoms with E-state index in [9.17, 15) is 0 Å². The molecule has 1 saturated heterocycles. The number of nitrogens with one attached hydrogen (secondary N) is 1. The van der Waals surface area contributed by atoms with Crippen LogP contribution in [0, 0.1) is 6.92 Å². The molecule has 0 bridgehead atoms. The van der Waals surface area contributed by atoms with E-state index >= 15 is 0 Å². The van der Waals surface area contributed by atoms with E-state index < -0.39 is 0 Å². The molecule has 3 heterocycles. The van der Waals surface area contributed by atoms with Crippen molar-refractivity contribution in [1.82, 2.24) is 10.2 Å². The van der Waals surface area contributed by atoms with E-state index in [1.165, 1.54) is 15.3 Å².